The molecule has 2 nitrogen and oxygen atoms in total. The maximum absolute atomic E-state index is 10.8. The van der Waals surface area contributed by atoms with Crippen molar-refractivity contribution in [3.63, 3.8) is 0 Å². The summed E-state index contributed by atoms with van der Waals surface area (Å²) in [5.74, 6) is -1.58. The normalized spacial score (nSPS) is 8.17. The first-order valence-electron chi connectivity index (χ1n) is 1.22. The summed E-state index contributed by atoms with van der Waals surface area (Å²) in [6, 6.07) is 0. The molecule has 0 radical (unpaired) electrons. The number of carboxylic acids is 1. The number of hydrogen-bond donors (Lipinski definition) is 1. The van der Waals surface area contributed by atoms with Crippen LogP contribution in [0.25, 0.3) is 0 Å². The van der Waals surface area contributed by atoms with Crippen molar-refractivity contribution in [2.75, 3.05) is 5.75 Å². The summed E-state index contributed by atoms with van der Waals surface area (Å²) in [6.07, 6.45) is 0. The molecule has 0 fully saturated rings. The van der Waals surface area contributed by atoms with Gasteiger partial charge in [-0.2, -0.15) is 3.89 Å². The first kappa shape index (κ1) is 5.75. The molecule has 0 aliphatic rings. The van der Waals surface area contributed by atoms with Gasteiger partial charge in [0.25, 0.3) is 0 Å². The quantitative estimate of drug-likeness (QED) is 0.568. The van der Waals surface area contributed by atoms with E-state index in [1.165, 1.54) is 0 Å². The minimum absolute atomic E-state index is 0.190. The fourth-order valence-corrected chi connectivity index (χ4v) is 0.140. The van der Waals surface area contributed by atoms with Gasteiger partial charge in [-0.25, -0.2) is 0 Å². The highest BCUT2D eigenvalue weighted by Gasteiger charge is 1.91. The summed E-state index contributed by atoms with van der Waals surface area (Å²) < 4.78 is 10.8. The molecule has 0 rings (SSSR count). The number of halogens is 1. The van der Waals surface area contributed by atoms with Gasteiger partial charge in [0.15, 0.2) is 0 Å². The standard InChI is InChI=1S/C2H3FO2S/c3-6-1-2(4)5/h1H2,(H,4,5). The number of rotatable bonds is 2. The lowest BCUT2D eigenvalue weighted by Crippen LogP contribution is -1.94. The molecule has 0 aromatic heterocycles. The van der Waals surface area contributed by atoms with Crippen LogP contribution in [0.2, 0.25) is 0 Å². The monoisotopic (exact) mass is 110 g/mol. The maximum Gasteiger partial charge on any atom is 0.316 e. The van der Waals surface area contributed by atoms with Gasteiger partial charge >= 0.3 is 5.97 Å². The van der Waals surface area contributed by atoms with Crippen molar-refractivity contribution in [3.8, 4) is 0 Å². The average Bonchev–Trinajstić information content (AvgIpc) is 1.35. The highest BCUT2D eigenvalue weighted by molar-refractivity contribution is 7.94. The molecule has 0 aliphatic heterocycles. The number of aliphatic carboxylic acids is 1. The van der Waals surface area contributed by atoms with Crippen LogP contribution < -0.4 is 0 Å². The Hall–Kier alpha value is -0.250. The summed E-state index contributed by atoms with van der Waals surface area (Å²) in [5.41, 5.74) is 0. The molecule has 4 heteroatoms. The zero-order chi connectivity index (χ0) is 4.99. The van der Waals surface area contributed by atoms with E-state index in [0.29, 0.717) is 0 Å². The minimum Gasteiger partial charge on any atom is -0.481 e. The van der Waals surface area contributed by atoms with Gasteiger partial charge in [0.05, 0.1) is 12.1 Å². The van der Waals surface area contributed by atoms with Crippen LogP contribution in [-0.4, -0.2) is 16.8 Å². The van der Waals surface area contributed by atoms with Crippen LogP contribution in [0, 0.1) is 0 Å². The maximum atomic E-state index is 10.8. The van der Waals surface area contributed by atoms with Crippen molar-refractivity contribution in [2.24, 2.45) is 0 Å². The molecule has 0 aromatic rings. The van der Waals surface area contributed by atoms with E-state index in [0.717, 1.165) is 0 Å². The van der Waals surface area contributed by atoms with Crippen molar-refractivity contribution in [3.05, 3.63) is 0 Å². The summed E-state index contributed by atoms with van der Waals surface area (Å²) in [4.78, 5) is 9.34. The van der Waals surface area contributed by atoms with E-state index < -0.39 is 11.7 Å². The SMILES string of the molecule is O=C(O)CSF. The first-order chi connectivity index (χ1) is 2.77. The first-order valence-corrected chi connectivity index (χ1v) is 2.11. The van der Waals surface area contributed by atoms with Crippen molar-refractivity contribution >= 4 is 18.1 Å². The van der Waals surface area contributed by atoms with Gasteiger partial charge in [-0.1, -0.05) is 0 Å². The average molecular weight is 110 g/mol. The van der Waals surface area contributed by atoms with Crippen molar-refractivity contribution in [1.29, 1.82) is 0 Å². The molecule has 0 unspecified atom stereocenters. The van der Waals surface area contributed by atoms with Crippen LogP contribution >= 0.6 is 12.1 Å². The van der Waals surface area contributed by atoms with Gasteiger partial charge in [0.1, 0.15) is 5.75 Å². The molecule has 0 bridgehead atoms. The lowest BCUT2D eigenvalue weighted by atomic mass is 10.8. The smallest absolute Gasteiger partial charge is 0.316 e. The van der Waals surface area contributed by atoms with E-state index in [1.807, 2.05) is 0 Å². The second-order valence-corrected chi connectivity index (χ2v) is 1.15. The molecule has 0 aromatic carbocycles. The van der Waals surface area contributed by atoms with Crippen LogP contribution in [-0.2, 0) is 4.79 Å². The zero-order valence-electron chi connectivity index (χ0n) is 2.85. The van der Waals surface area contributed by atoms with Gasteiger partial charge in [-0.05, 0) is 0 Å². The highest BCUT2D eigenvalue weighted by atomic mass is 32.2. The van der Waals surface area contributed by atoms with Gasteiger partial charge < -0.3 is 5.11 Å². The topological polar surface area (TPSA) is 37.3 Å². The Kier molecular flexibility index (Phi) is 2.84. The van der Waals surface area contributed by atoms with E-state index in [-0.39, 0.29) is 12.1 Å². The van der Waals surface area contributed by atoms with E-state index in [9.17, 15) is 8.68 Å². The van der Waals surface area contributed by atoms with Crippen LogP contribution in [0.5, 0.6) is 0 Å². The van der Waals surface area contributed by atoms with E-state index >= 15 is 0 Å². The minimum atomic E-state index is -1.12. The third-order valence-corrected chi connectivity index (χ3v) is 0.534. The Labute approximate surface area is 38.6 Å². The second-order valence-electron chi connectivity index (χ2n) is 0.647. The summed E-state index contributed by atoms with van der Waals surface area (Å²) in [5, 5.41) is 7.65. The fraction of sp³-hybridized carbons (Fsp3) is 0.500. The molecule has 0 heterocycles. The third-order valence-electron chi connectivity index (χ3n) is 0.178. The Bertz CT molecular complexity index is 55.5. The lowest BCUT2D eigenvalue weighted by Gasteiger charge is -1.76. The number of carbonyl (C=O) groups is 1. The molecular weight excluding hydrogens is 107 g/mol. The molecule has 0 saturated heterocycles. The Morgan fingerprint density at radius 1 is 2.00 bits per heavy atom. The van der Waals surface area contributed by atoms with E-state index in [4.69, 9.17) is 5.11 Å². The van der Waals surface area contributed by atoms with Crippen LogP contribution in [0.1, 0.15) is 0 Å². The highest BCUT2D eigenvalue weighted by Crippen LogP contribution is 1.96. The predicted octanol–water partition coefficient (Wildman–Crippen LogP) is 0.689. The number of carboxylic acid groups (broad SMARTS) is 1. The molecule has 0 saturated carbocycles. The van der Waals surface area contributed by atoms with Gasteiger partial charge in [-0.3, -0.25) is 4.79 Å². The Balaban J connectivity index is 2.83. The summed E-state index contributed by atoms with van der Waals surface area (Å²) in [7, 11) is 0. The Morgan fingerprint density at radius 3 is 2.50 bits per heavy atom. The van der Waals surface area contributed by atoms with Gasteiger partial charge in [0, 0.05) is 0 Å². The van der Waals surface area contributed by atoms with Crippen LogP contribution in [0.15, 0.2) is 0 Å². The largest absolute Gasteiger partial charge is 0.481 e. The van der Waals surface area contributed by atoms with E-state index in [2.05, 4.69) is 0 Å². The predicted molar refractivity (Wildman–Crippen MR) is 21.2 cm³/mol. The van der Waals surface area contributed by atoms with Crippen LogP contribution in [0.3, 0.4) is 0 Å². The molecule has 0 spiro atoms. The Morgan fingerprint density at radius 2 is 2.50 bits per heavy atom. The summed E-state index contributed by atoms with van der Waals surface area (Å²) in [6.45, 7) is 0. The van der Waals surface area contributed by atoms with Crippen molar-refractivity contribution in [1.82, 2.24) is 0 Å². The molecule has 36 valence electrons. The molecule has 0 atom stereocenters. The molecule has 6 heavy (non-hydrogen) atoms. The van der Waals surface area contributed by atoms with Gasteiger partial charge in [-0.15, -0.1) is 0 Å². The summed E-state index contributed by atoms with van der Waals surface area (Å²) >= 11 is -0.190. The van der Waals surface area contributed by atoms with Gasteiger partial charge in [0.2, 0.25) is 0 Å². The molecular formula is C2H3FO2S. The molecule has 0 aliphatic carbocycles. The fourth-order valence-electron chi connectivity index (χ4n) is 0.0467. The number of hydrogen-bond acceptors (Lipinski definition) is 2. The second kappa shape index (κ2) is 2.96. The third kappa shape index (κ3) is 3.75. The van der Waals surface area contributed by atoms with Crippen LogP contribution in [0.4, 0.5) is 3.89 Å². The van der Waals surface area contributed by atoms with E-state index in [1.54, 1.807) is 0 Å². The molecule has 0 amide bonds. The zero-order valence-corrected chi connectivity index (χ0v) is 3.67. The lowest BCUT2D eigenvalue weighted by molar-refractivity contribution is -0.133. The van der Waals surface area contributed by atoms with Crippen molar-refractivity contribution in [2.45, 2.75) is 0 Å². The van der Waals surface area contributed by atoms with Crippen molar-refractivity contribution < 1.29 is 13.8 Å². The molecule has 1 N–H and O–H groups in total.